The molecule has 0 radical (unpaired) electrons. The fourth-order valence-corrected chi connectivity index (χ4v) is 4.28. The maximum atomic E-state index is 12.5. The highest BCUT2D eigenvalue weighted by Crippen LogP contribution is 2.29. The number of anilines is 1. The molecule has 21 heavy (non-hydrogen) atoms. The summed E-state index contributed by atoms with van der Waals surface area (Å²) in [5.41, 5.74) is 0.998. The fraction of sp³-hybridized carbons (Fsp3) is 0. The van der Waals surface area contributed by atoms with Gasteiger partial charge in [0.25, 0.3) is 10.0 Å². The molecule has 0 saturated heterocycles. The number of sulfonamides is 1. The Bertz CT molecular complexity index is 924. The molecule has 0 atom stereocenters. The molecule has 1 N–H and O–H groups in total. The van der Waals surface area contributed by atoms with Gasteiger partial charge in [0.15, 0.2) is 5.52 Å². The molecule has 0 fully saturated rings. The van der Waals surface area contributed by atoms with E-state index in [1.165, 1.54) is 6.07 Å². The molecule has 0 bridgehead atoms. The second kappa shape index (κ2) is 5.39. The van der Waals surface area contributed by atoms with Gasteiger partial charge in [-0.05, 0) is 56.6 Å². The first-order valence-electron chi connectivity index (χ1n) is 5.66. The lowest BCUT2D eigenvalue weighted by Gasteiger charge is -2.10. The number of halogens is 2. The monoisotopic (exact) mass is 431 g/mol. The number of hydrogen-bond donors (Lipinski definition) is 1. The first-order chi connectivity index (χ1) is 9.97. The van der Waals surface area contributed by atoms with Crippen LogP contribution in [0.25, 0.3) is 11.0 Å². The number of aromatic nitrogens is 2. The highest BCUT2D eigenvalue weighted by Gasteiger charge is 2.21. The van der Waals surface area contributed by atoms with Crippen molar-refractivity contribution in [3.05, 3.63) is 45.3 Å². The summed E-state index contributed by atoms with van der Waals surface area (Å²) in [6.07, 6.45) is 0. The Morgan fingerprint density at radius 3 is 2.67 bits per heavy atom. The number of hydrogen-bond acceptors (Lipinski definition) is 5. The molecule has 0 aliphatic heterocycles. The maximum absolute atomic E-state index is 12.5. The standard InChI is InChI=1S/C12H7Br2N3O3S/c13-7-4-5-9(8(14)6-7)17-21(18,19)11-3-1-2-10-12(11)16-20-15-10/h1-6,17H. The molecule has 1 aromatic heterocycles. The lowest BCUT2D eigenvalue weighted by atomic mass is 10.3. The van der Waals surface area contributed by atoms with Gasteiger partial charge in [0.1, 0.15) is 10.4 Å². The number of nitrogens with one attached hydrogen (secondary N) is 1. The van der Waals surface area contributed by atoms with E-state index in [1.54, 1.807) is 30.3 Å². The van der Waals surface area contributed by atoms with E-state index in [-0.39, 0.29) is 10.4 Å². The average Bonchev–Trinajstić information content (AvgIpc) is 2.90. The second-order valence-electron chi connectivity index (χ2n) is 4.12. The van der Waals surface area contributed by atoms with Crippen LogP contribution in [0, 0.1) is 0 Å². The van der Waals surface area contributed by atoms with Crippen LogP contribution in [0.5, 0.6) is 0 Å². The van der Waals surface area contributed by atoms with Crippen molar-refractivity contribution >= 4 is 58.6 Å². The highest BCUT2D eigenvalue weighted by atomic mass is 79.9. The Hall–Kier alpha value is -1.45. The molecule has 3 aromatic rings. The van der Waals surface area contributed by atoms with E-state index in [1.807, 2.05) is 0 Å². The van der Waals surface area contributed by atoms with Gasteiger partial charge in [-0.1, -0.05) is 22.0 Å². The molecule has 0 aliphatic rings. The van der Waals surface area contributed by atoms with Crippen LogP contribution in [0.15, 0.2) is 54.9 Å². The summed E-state index contributed by atoms with van der Waals surface area (Å²) in [5, 5.41) is 7.27. The van der Waals surface area contributed by atoms with Gasteiger partial charge in [0.2, 0.25) is 0 Å². The summed E-state index contributed by atoms with van der Waals surface area (Å²) in [6, 6.07) is 9.78. The summed E-state index contributed by atoms with van der Waals surface area (Å²) < 4.78 is 33.5. The molecule has 108 valence electrons. The Kier molecular flexibility index (Phi) is 3.72. The zero-order valence-electron chi connectivity index (χ0n) is 10.2. The van der Waals surface area contributed by atoms with Gasteiger partial charge in [-0.25, -0.2) is 13.0 Å². The predicted molar refractivity (Wildman–Crippen MR) is 84.5 cm³/mol. The maximum Gasteiger partial charge on any atom is 0.264 e. The van der Waals surface area contributed by atoms with Crippen molar-refractivity contribution in [3.63, 3.8) is 0 Å². The van der Waals surface area contributed by atoms with Crippen molar-refractivity contribution in [1.29, 1.82) is 0 Å². The van der Waals surface area contributed by atoms with E-state index in [9.17, 15) is 8.42 Å². The van der Waals surface area contributed by atoms with Crippen LogP contribution in [-0.2, 0) is 10.0 Å². The van der Waals surface area contributed by atoms with Gasteiger partial charge >= 0.3 is 0 Å². The van der Waals surface area contributed by atoms with Crippen molar-refractivity contribution in [2.75, 3.05) is 4.72 Å². The Morgan fingerprint density at radius 2 is 1.90 bits per heavy atom. The molecule has 0 amide bonds. The first kappa shape index (κ1) is 14.5. The lowest BCUT2D eigenvalue weighted by molar-refractivity contribution is 0.315. The van der Waals surface area contributed by atoms with Crippen molar-refractivity contribution < 1.29 is 13.0 Å². The second-order valence-corrected chi connectivity index (χ2v) is 7.54. The molecule has 1 heterocycles. The highest BCUT2D eigenvalue weighted by molar-refractivity contribution is 9.11. The van der Waals surface area contributed by atoms with Gasteiger partial charge in [-0.3, -0.25) is 4.72 Å². The third-order valence-electron chi connectivity index (χ3n) is 2.71. The fourth-order valence-electron chi connectivity index (χ4n) is 1.77. The van der Waals surface area contributed by atoms with Crippen molar-refractivity contribution in [2.45, 2.75) is 4.90 Å². The summed E-state index contributed by atoms with van der Waals surface area (Å²) in [5.74, 6) is 0. The van der Waals surface area contributed by atoms with Crippen molar-refractivity contribution in [2.24, 2.45) is 0 Å². The van der Waals surface area contributed by atoms with Crippen LogP contribution in [0.4, 0.5) is 5.69 Å². The van der Waals surface area contributed by atoms with Crippen LogP contribution < -0.4 is 4.72 Å². The summed E-state index contributed by atoms with van der Waals surface area (Å²) >= 11 is 6.62. The molecular weight excluding hydrogens is 426 g/mol. The number of nitrogens with zero attached hydrogens (tertiary/aromatic N) is 2. The SMILES string of the molecule is O=S(=O)(Nc1ccc(Br)cc1Br)c1cccc2nonc12. The minimum atomic E-state index is -3.80. The van der Waals surface area contributed by atoms with E-state index < -0.39 is 10.0 Å². The van der Waals surface area contributed by atoms with E-state index in [0.29, 0.717) is 15.7 Å². The van der Waals surface area contributed by atoms with Crippen LogP contribution in [-0.4, -0.2) is 18.7 Å². The van der Waals surface area contributed by atoms with Gasteiger partial charge in [-0.15, -0.1) is 0 Å². The quantitative estimate of drug-likeness (QED) is 0.683. The smallest absolute Gasteiger partial charge is 0.264 e. The Labute approximate surface area is 136 Å². The Morgan fingerprint density at radius 1 is 1.10 bits per heavy atom. The largest absolute Gasteiger partial charge is 0.278 e. The molecule has 6 nitrogen and oxygen atoms in total. The van der Waals surface area contributed by atoms with Crippen LogP contribution in [0.2, 0.25) is 0 Å². The third kappa shape index (κ3) is 2.81. The van der Waals surface area contributed by atoms with E-state index in [0.717, 1.165) is 4.47 Å². The summed E-state index contributed by atoms with van der Waals surface area (Å²) in [6.45, 7) is 0. The average molecular weight is 433 g/mol. The zero-order chi connectivity index (χ0) is 15.0. The molecular formula is C12H7Br2N3O3S. The number of rotatable bonds is 3. The van der Waals surface area contributed by atoms with Crippen molar-refractivity contribution in [1.82, 2.24) is 10.3 Å². The number of benzene rings is 2. The lowest BCUT2D eigenvalue weighted by Crippen LogP contribution is -2.13. The van der Waals surface area contributed by atoms with Gasteiger partial charge in [0, 0.05) is 8.95 Å². The minimum absolute atomic E-state index is 0.0102. The topological polar surface area (TPSA) is 85.1 Å². The molecule has 0 aliphatic carbocycles. The molecule has 9 heteroatoms. The van der Waals surface area contributed by atoms with Gasteiger partial charge < -0.3 is 0 Å². The molecule has 3 rings (SSSR count). The van der Waals surface area contributed by atoms with E-state index >= 15 is 0 Å². The van der Waals surface area contributed by atoms with Crippen LogP contribution in [0.1, 0.15) is 0 Å². The first-order valence-corrected chi connectivity index (χ1v) is 8.73. The van der Waals surface area contributed by atoms with Crippen molar-refractivity contribution in [3.8, 4) is 0 Å². The van der Waals surface area contributed by atoms with Crippen LogP contribution >= 0.6 is 31.9 Å². The predicted octanol–water partition coefficient (Wildman–Crippen LogP) is 3.55. The van der Waals surface area contributed by atoms with Crippen LogP contribution in [0.3, 0.4) is 0 Å². The molecule has 0 spiro atoms. The third-order valence-corrected chi connectivity index (χ3v) is 5.26. The minimum Gasteiger partial charge on any atom is -0.278 e. The molecule has 0 unspecified atom stereocenters. The molecule has 2 aromatic carbocycles. The van der Waals surface area contributed by atoms with Gasteiger partial charge in [-0.2, -0.15) is 0 Å². The Balaban J connectivity index is 2.06. The van der Waals surface area contributed by atoms with Gasteiger partial charge in [0.05, 0.1) is 5.69 Å². The summed E-state index contributed by atoms with van der Waals surface area (Å²) in [4.78, 5) is 0.0102. The molecule has 0 saturated carbocycles. The summed E-state index contributed by atoms with van der Waals surface area (Å²) in [7, 11) is -3.80. The number of fused-ring (bicyclic) bond motifs is 1. The normalized spacial score (nSPS) is 11.7. The zero-order valence-corrected chi connectivity index (χ0v) is 14.2. The van der Waals surface area contributed by atoms with E-state index in [4.69, 9.17) is 0 Å². The van der Waals surface area contributed by atoms with E-state index in [2.05, 4.69) is 51.5 Å².